The van der Waals surface area contributed by atoms with Gasteiger partial charge in [-0.3, -0.25) is 0 Å². The number of anilines is 1. The van der Waals surface area contributed by atoms with Crippen LogP contribution in [0.25, 0.3) is 0 Å². The van der Waals surface area contributed by atoms with Gasteiger partial charge in [-0.05, 0) is 19.1 Å². The molecule has 21 heavy (non-hydrogen) atoms. The Bertz CT molecular complexity index is 593. The molecule has 2 rings (SSSR count). The molecule has 0 saturated heterocycles. The Morgan fingerprint density at radius 2 is 2.05 bits per heavy atom. The molecule has 0 bridgehead atoms. The van der Waals surface area contributed by atoms with E-state index >= 15 is 0 Å². The molecular formula is C15H19N3O2S. The lowest BCUT2D eigenvalue weighted by Crippen LogP contribution is -2.03. The number of methoxy groups -OCH3 is 1. The first-order chi connectivity index (χ1) is 10.3. The molecule has 0 unspecified atom stereocenters. The Labute approximate surface area is 129 Å². The highest BCUT2D eigenvalue weighted by molar-refractivity contribution is 7.99. The van der Waals surface area contributed by atoms with Gasteiger partial charge in [-0.25, -0.2) is 9.97 Å². The van der Waals surface area contributed by atoms with E-state index in [-0.39, 0.29) is 0 Å². The molecule has 0 atom stereocenters. The fraction of sp³-hybridized carbons (Fsp3) is 0.333. The van der Waals surface area contributed by atoms with E-state index in [2.05, 4.69) is 15.3 Å². The van der Waals surface area contributed by atoms with Crippen LogP contribution in [0.15, 0.2) is 40.3 Å². The number of nitrogens with zero attached hydrogens (tertiary/aromatic N) is 2. The molecule has 5 nitrogen and oxygen atoms in total. The predicted molar refractivity (Wildman–Crippen MR) is 84.0 cm³/mol. The number of para-hydroxylation sites is 1. The molecule has 1 N–H and O–H groups in total. The van der Waals surface area contributed by atoms with Crippen LogP contribution >= 0.6 is 11.8 Å². The highest BCUT2D eigenvalue weighted by Crippen LogP contribution is 2.34. The average molecular weight is 305 g/mol. The Kier molecular flexibility index (Phi) is 5.83. The van der Waals surface area contributed by atoms with Crippen molar-refractivity contribution in [3.05, 3.63) is 36.2 Å². The van der Waals surface area contributed by atoms with Gasteiger partial charge in [0.1, 0.15) is 23.2 Å². The third kappa shape index (κ3) is 4.34. The molecule has 0 aliphatic heterocycles. The van der Waals surface area contributed by atoms with Crippen molar-refractivity contribution in [2.75, 3.05) is 26.1 Å². The van der Waals surface area contributed by atoms with E-state index in [1.54, 1.807) is 18.9 Å². The maximum Gasteiger partial charge on any atom is 0.157 e. The zero-order valence-corrected chi connectivity index (χ0v) is 13.2. The van der Waals surface area contributed by atoms with E-state index in [0.717, 1.165) is 21.5 Å². The maximum absolute atomic E-state index is 5.38. The summed E-state index contributed by atoms with van der Waals surface area (Å²) in [6.07, 6.45) is 0. The summed E-state index contributed by atoms with van der Waals surface area (Å²) in [4.78, 5) is 9.92. The van der Waals surface area contributed by atoms with E-state index < -0.39 is 0 Å². The van der Waals surface area contributed by atoms with Crippen LogP contribution in [-0.4, -0.2) is 30.7 Å². The average Bonchev–Trinajstić information content (AvgIpc) is 2.53. The monoisotopic (exact) mass is 305 g/mol. The number of aromatic nitrogens is 2. The number of hydrogen-bond acceptors (Lipinski definition) is 6. The van der Waals surface area contributed by atoms with Gasteiger partial charge in [0.2, 0.25) is 0 Å². The molecule has 0 spiro atoms. The SMILES string of the molecule is CCOCc1nc(NC)cc(Sc2ccccc2OC)n1. The number of rotatable bonds is 7. The van der Waals surface area contributed by atoms with E-state index in [4.69, 9.17) is 9.47 Å². The van der Waals surface area contributed by atoms with Crippen molar-refractivity contribution >= 4 is 17.6 Å². The fourth-order valence-corrected chi connectivity index (χ4v) is 2.67. The van der Waals surface area contributed by atoms with E-state index in [0.29, 0.717) is 19.0 Å². The third-order valence-corrected chi connectivity index (χ3v) is 3.70. The summed E-state index contributed by atoms with van der Waals surface area (Å²) < 4.78 is 10.7. The van der Waals surface area contributed by atoms with Gasteiger partial charge in [-0.2, -0.15) is 0 Å². The molecule has 1 aromatic carbocycles. The van der Waals surface area contributed by atoms with Crippen LogP contribution in [0.3, 0.4) is 0 Å². The van der Waals surface area contributed by atoms with Gasteiger partial charge in [0, 0.05) is 19.7 Å². The van der Waals surface area contributed by atoms with Crippen LogP contribution in [0, 0.1) is 0 Å². The summed E-state index contributed by atoms with van der Waals surface area (Å²) in [5.41, 5.74) is 0. The lowest BCUT2D eigenvalue weighted by Gasteiger charge is -2.10. The van der Waals surface area contributed by atoms with Crippen molar-refractivity contribution in [3.8, 4) is 5.75 Å². The molecule has 0 saturated carbocycles. The second kappa shape index (κ2) is 7.85. The molecule has 112 valence electrons. The highest BCUT2D eigenvalue weighted by atomic mass is 32.2. The second-order valence-corrected chi connectivity index (χ2v) is 5.21. The normalized spacial score (nSPS) is 10.4. The number of hydrogen-bond donors (Lipinski definition) is 1. The molecule has 0 fully saturated rings. The molecule has 6 heteroatoms. The van der Waals surface area contributed by atoms with E-state index in [1.165, 1.54) is 0 Å². The van der Waals surface area contributed by atoms with Gasteiger partial charge in [0.05, 0.1) is 12.0 Å². The molecule has 0 radical (unpaired) electrons. The van der Waals surface area contributed by atoms with Crippen molar-refractivity contribution in [2.45, 2.75) is 23.5 Å². The first kappa shape index (κ1) is 15.6. The molecule has 0 amide bonds. The summed E-state index contributed by atoms with van der Waals surface area (Å²) in [7, 11) is 3.50. The molecule has 0 aliphatic rings. The smallest absolute Gasteiger partial charge is 0.157 e. The van der Waals surface area contributed by atoms with Crippen molar-refractivity contribution in [1.82, 2.24) is 9.97 Å². The van der Waals surface area contributed by atoms with E-state index in [1.807, 2.05) is 44.3 Å². The van der Waals surface area contributed by atoms with Crippen LogP contribution in [0.2, 0.25) is 0 Å². The number of benzene rings is 1. The third-order valence-electron chi connectivity index (χ3n) is 2.72. The maximum atomic E-state index is 5.38. The molecule has 1 heterocycles. The Hall–Kier alpha value is -1.79. The minimum atomic E-state index is 0.408. The van der Waals surface area contributed by atoms with Crippen LogP contribution in [-0.2, 0) is 11.3 Å². The van der Waals surface area contributed by atoms with Crippen molar-refractivity contribution in [2.24, 2.45) is 0 Å². The van der Waals surface area contributed by atoms with Gasteiger partial charge in [-0.15, -0.1) is 0 Å². The van der Waals surface area contributed by atoms with Gasteiger partial charge in [-0.1, -0.05) is 23.9 Å². The first-order valence-corrected chi connectivity index (χ1v) is 7.52. The Balaban J connectivity index is 2.25. The molecular weight excluding hydrogens is 286 g/mol. The van der Waals surface area contributed by atoms with Crippen molar-refractivity contribution < 1.29 is 9.47 Å². The van der Waals surface area contributed by atoms with Crippen molar-refractivity contribution in [3.63, 3.8) is 0 Å². The van der Waals surface area contributed by atoms with Gasteiger partial charge in [0.15, 0.2) is 5.82 Å². The minimum Gasteiger partial charge on any atom is -0.496 e. The number of ether oxygens (including phenoxy) is 2. The second-order valence-electron chi connectivity index (χ2n) is 4.15. The van der Waals surface area contributed by atoms with E-state index in [9.17, 15) is 0 Å². The quantitative estimate of drug-likeness (QED) is 0.793. The molecule has 1 aromatic heterocycles. The predicted octanol–water partition coefficient (Wildman–Crippen LogP) is 3.21. The molecule has 0 aliphatic carbocycles. The van der Waals surface area contributed by atoms with Crippen LogP contribution in [0.4, 0.5) is 5.82 Å². The zero-order valence-electron chi connectivity index (χ0n) is 12.4. The fourth-order valence-electron chi connectivity index (χ4n) is 1.73. The minimum absolute atomic E-state index is 0.408. The van der Waals surface area contributed by atoms with Gasteiger partial charge in [0.25, 0.3) is 0 Å². The van der Waals surface area contributed by atoms with Crippen molar-refractivity contribution in [1.29, 1.82) is 0 Å². The highest BCUT2D eigenvalue weighted by Gasteiger charge is 2.09. The Morgan fingerprint density at radius 3 is 2.76 bits per heavy atom. The number of nitrogens with one attached hydrogen (secondary N) is 1. The van der Waals surface area contributed by atoms with Gasteiger partial charge >= 0.3 is 0 Å². The van der Waals surface area contributed by atoms with Crippen LogP contribution in [0.5, 0.6) is 5.75 Å². The summed E-state index contributed by atoms with van der Waals surface area (Å²) in [6.45, 7) is 3.00. The van der Waals surface area contributed by atoms with Crippen LogP contribution in [0.1, 0.15) is 12.7 Å². The lowest BCUT2D eigenvalue weighted by molar-refractivity contribution is 0.128. The first-order valence-electron chi connectivity index (χ1n) is 6.71. The van der Waals surface area contributed by atoms with Crippen LogP contribution < -0.4 is 10.1 Å². The zero-order chi connectivity index (χ0) is 15.1. The summed E-state index contributed by atoms with van der Waals surface area (Å²) in [5, 5.41) is 3.90. The summed E-state index contributed by atoms with van der Waals surface area (Å²) in [6, 6.07) is 9.78. The molecule has 2 aromatic rings. The standard InChI is InChI=1S/C15H19N3O2S/c1-4-20-10-14-17-13(16-2)9-15(18-14)21-12-8-6-5-7-11(12)19-3/h5-9H,4,10H2,1-3H3,(H,16,17,18). The topological polar surface area (TPSA) is 56.3 Å². The lowest BCUT2D eigenvalue weighted by atomic mass is 10.3. The summed E-state index contributed by atoms with van der Waals surface area (Å²) in [5.74, 6) is 2.27. The van der Waals surface area contributed by atoms with Gasteiger partial charge < -0.3 is 14.8 Å². The summed E-state index contributed by atoms with van der Waals surface area (Å²) >= 11 is 1.54. The largest absolute Gasteiger partial charge is 0.496 e. The Morgan fingerprint density at radius 1 is 1.24 bits per heavy atom.